The standard InChI is InChI=1S/C9H15ClO/c10-5-9(11)8-4-6-1-2-7(8)3-6/h6-9,11H,1-5H2. The third-order valence-electron chi connectivity index (χ3n) is 3.45. The molecule has 4 atom stereocenters. The van der Waals surface area contributed by atoms with E-state index in [1.54, 1.807) is 0 Å². The molecule has 0 saturated heterocycles. The van der Waals surface area contributed by atoms with Crippen LogP contribution >= 0.6 is 11.6 Å². The largest absolute Gasteiger partial charge is 0.392 e. The highest BCUT2D eigenvalue weighted by Gasteiger charge is 2.42. The van der Waals surface area contributed by atoms with Gasteiger partial charge in [0.05, 0.1) is 6.10 Å². The normalized spacial score (nSPS) is 44.7. The number of halogens is 1. The average Bonchev–Trinajstić information content (AvgIpc) is 2.62. The van der Waals surface area contributed by atoms with Gasteiger partial charge in [-0.3, -0.25) is 0 Å². The van der Waals surface area contributed by atoms with Crippen molar-refractivity contribution >= 4 is 11.6 Å². The number of hydrogen-bond acceptors (Lipinski definition) is 1. The summed E-state index contributed by atoms with van der Waals surface area (Å²) >= 11 is 5.62. The SMILES string of the molecule is OC(CCl)C1CC2CCC1C2. The number of aliphatic hydroxyl groups is 1. The maximum Gasteiger partial charge on any atom is 0.0706 e. The smallest absolute Gasteiger partial charge is 0.0706 e. The Morgan fingerprint density at radius 2 is 2.18 bits per heavy atom. The fourth-order valence-corrected chi connectivity index (χ4v) is 3.11. The van der Waals surface area contributed by atoms with E-state index in [0.717, 1.165) is 11.8 Å². The monoisotopic (exact) mass is 174 g/mol. The molecule has 0 amide bonds. The molecule has 0 heterocycles. The molecule has 0 aromatic rings. The zero-order valence-corrected chi connectivity index (χ0v) is 7.43. The molecule has 4 unspecified atom stereocenters. The van der Waals surface area contributed by atoms with Gasteiger partial charge in [-0.05, 0) is 37.0 Å². The van der Waals surface area contributed by atoms with Gasteiger partial charge in [0.1, 0.15) is 0 Å². The molecule has 0 aromatic carbocycles. The third-order valence-corrected chi connectivity index (χ3v) is 3.76. The highest BCUT2D eigenvalue weighted by molar-refractivity contribution is 6.18. The first kappa shape index (κ1) is 7.88. The lowest BCUT2D eigenvalue weighted by molar-refractivity contribution is 0.0933. The molecule has 0 aromatic heterocycles. The van der Waals surface area contributed by atoms with E-state index in [0.29, 0.717) is 11.8 Å². The summed E-state index contributed by atoms with van der Waals surface area (Å²) in [5.41, 5.74) is 0. The van der Waals surface area contributed by atoms with Crippen LogP contribution in [0.3, 0.4) is 0 Å². The molecule has 0 aliphatic heterocycles. The molecule has 1 N–H and O–H groups in total. The van der Waals surface area contributed by atoms with Crippen LogP contribution in [-0.2, 0) is 0 Å². The van der Waals surface area contributed by atoms with Crippen molar-refractivity contribution in [2.45, 2.75) is 31.8 Å². The number of fused-ring (bicyclic) bond motifs is 2. The Labute approximate surface area is 72.7 Å². The van der Waals surface area contributed by atoms with Gasteiger partial charge in [-0.1, -0.05) is 6.42 Å². The minimum atomic E-state index is -0.230. The maximum atomic E-state index is 9.55. The summed E-state index contributed by atoms with van der Waals surface area (Å²) in [5.74, 6) is 2.68. The molecular formula is C9H15ClO. The van der Waals surface area contributed by atoms with E-state index in [1.165, 1.54) is 25.7 Å². The number of alkyl halides is 1. The van der Waals surface area contributed by atoms with Crippen molar-refractivity contribution < 1.29 is 5.11 Å². The van der Waals surface area contributed by atoms with Crippen LogP contribution in [-0.4, -0.2) is 17.1 Å². The number of hydrogen-bond donors (Lipinski definition) is 1. The van der Waals surface area contributed by atoms with Crippen LogP contribution in [0, 0.1) is 17.8 Å². The summed E-state index contributed by atoms with van der Waals surface area (Å²) in [6.07, 6.45) is 5.10. The van der Waals surface area contributed by atoms with Gasteiger partial charge in [0, 0.05) is 5.88 Å². The number of aliphatic hydroxyl groups excluding tert-OH is 1. The zero-order valence-electron chi connectivity index (χ0n) is 6.67. The molecule has 2 aliphatic rings. The molecule has 2 bridgehead atoms. The quantitative estimate of drug-likeness (QED) is 0.636. The fourth-order valence-electron chi connectivity index (χ4n) is 2.88. The van der Waals surface area contributed by atoms with E-state index in [9.17, 15) is 5.11 Å². The van der Waals surface area contributed by atoms with Gasteiger partial charge in [-0.2, -0.15) is 0 Å². The van der Waals surface area contributed by atoms with Gasteiger partial charge in [0.15, 0.2) is 0 Å². The summed E-state index contributed by atoms with van der Waals surface area (Å²) in [6, 6.07) is 0. The second-order valence-electron chi connectivity index (χ2n) is 4.06. The van der Waals surface area contributed by atoms with E-state index in [2.05, 4.69) is 0 Å². The van der Waals surface area contributed by atoms with Gasteiger partial charge in [0.25, 0.3) is 0 Å². The lowest BCUT2D eigenvalue weighted by Gasteiger charge is -2.25. The molecule has 2 aliphatic carbocycles. The molecule has 2 rings (SSSR count). The molecule has 64 valence electrons. The lowest BCUT2D eigenvalue weighted by Crippen LogP contribution is -2.26. The highest BCUT2D eigenvalue weighted by Crippen LogP contribution is 2.49. The molecule has 2 heteroatoms. The molecular weight excluding hydrogens is 160 g/mol. The van der Waals surface area contributed by atoms with Gasteiger partial charge in [-0.25, -0.2) is 0 Å². The minimum absolute atomic E-state index is 0.230. The second-order valence-corrected chi connectivity index (χ2v) is 4.37. The van der Waals surface area contributed by atoms with Crippen molar-refractivity contribution in [1.29, 1.82) is 0 Å². The summed E-state index contributed by atoms with van der Waals surface area (Å²) in [7, 11) is 0. The van der Waals surface area contributed by atoms with E-state index < -0.39 is 0 Å². The Kier molecular flexibility index (Phi) is 2.11. The summed E-state index contributed by atoms with van der Waals surface area (Å²) in [4.78, 5) is 0. The van der Waals surface area contributed by atoms with E-state index in [4.69, 9.17) is 11.6 Å². The minimum Gasteiger partial charge on any atom is -0.392 e. The Balaban J connectivity index is 1.96. The maximum absolute atomic E-state index is 9.55. The molecule has 11 heavy (non-hydrogen) atoms. The highest BCUT2D eigenvalue weighted by atomic mass is 35.5. The predicted molar refractivity (Wildman–Crippen MR) is 45.7 cm³/mol. The second kappa shape index (κ2) is 2.95. The molecule has 1 nitrogen and oxygen atoms in total. The van der Waals surface area contributed by atoms with Crippen molar-refractivity contribution in [3.63, 3.8) is 0 Å². The van der Waals surface area contributed by atoms with Crippen LogP contribution in [0.1, 0.15) is 25.7 Å². The van der Waals surface area contributed by atoms with Crippen molar-refractivity contribution in [3.05, 3.63) is 0 Å². The first-order valence-electron chi connectivity index (χ1n) is 4.55. The van der Waals surface area contributed by atoms with Crippen LogP contribution in [0.5, 0.6) is 0 Å². The number of rotatable bonds is 2. The van der Waals surface area contributed by atoms with Gasteiger partial charge >= 0.3 is 0 Å². The molecule has 0 spiro atoms. The van der Waals surface area contributed by atoms with E-state index >= 15 is 0 Å². The van der Waals surface area contributed by atoms with Gasteiger partial charge < -0.3 is 5.11 Å². The van der Waals surface area contributed by atoms with Crippen LogP contribution in [0.25, 0.3) is 0 Å². The Morgan fingerprint density at radius 3 is 2.64 bits per heavy atom. The Morgan fingerprint density at radius 1 is 1.36 bits per heavy atom. The third kappa shape index (κ3) is 1.29. The molecule has 0 radical (unpaired) electrons. The summed E-state index contributed by atoms with van der Waals surface area (Å²) in [5, 5.41) is 9.55. The predicted octanol–water partition coefficient (Wildman–Crippen LogP) is 2.02. The summed E-state index contributed by atoms with van der Waals surface area (Å²) < 4.78 is 0. The topological polar surface area (TPSA) is 20.2 Å². The summed E-state index contributed by atoms with van der Waals surface area (Å²) in [6.45, 7) is 0. The van der Waals surface area contributed by atoms with Crippen LogP contribution in [0.4, 0.5) is 0 Å². The van der Waals surface area contributed by atoms with Crippen molar-refractivity contribution in [2.24, 2.45) is 17.8 Å². The van der Waals surface area contributed by atoms with Crippen molar-refractivity contribution in [2.75, 3.05) is 5.88 Å². The van der Waals surface area contributed by atoms with E-state index in [1.807, 2.05) is 0 Å². The fraction of sp³-hybridized carbons (Fsp3) is 1.00. The Hall–Kier alpha value is 0.250. The van der Waals surface area contributed by atoms with Gasteiger partial charge in [-0.15, -0.1) is 11.6 Å². The first-order chi connectivity index (χ1) is 5.31. The van der Waals surface area contributed by atoms with E-state index in [-0.39, 0.29) is 6.10 Å². The molecule has 2 fully saturated rings. The lowest BCUT2D eigenvalue weighted by atomic mass is 9.85. The first-order valence-corrected chi connectivity index (χ1v) is 5.08. The van der Waals surface area contributed by atoms with Crippen LogP contribution in [0.2, 0.25) is 0 Å². The van der Waals surface area contributed by atoms with Gasteiger partial charge in [0.2, 0.25) is 0 Å². The van der Waals surface area contributed by atoms with Crippen molar-refractivity contribution in [1.82, 2.24) is 0 Å². The Bertz CT molecular complexity index is 148. The van der Waals surface area contributed by atoms with Crippen LogP contribution < -0.4 is 0 Å². The molecule has 2 saturated carbocycles. The van der Waals surface area contributed by atoms with Crippen molar-refractivity contribution in [3.8, 4) is 0 Å². The zero-order chi connectivity index (χ0) is 7.84. The average molecular weight is 175 g/mol. The van der Waals surface area contributed by atoms with Crippen LogP contribution in [0.15, 0.2) is 0 Å².